The van der Waals surface area contributed by atoms with Crippen LogP contribution in [0.25, 0.3) is 0 Å². The van der Waals surface area contributed by atoms with Crippen molar-refractivity contribution in [3.63, 3.8) is 0 Å². The van der Waals surface area contributed by atoms with Crippen molar-refractivity contribution in [3.8, 4) is 0 Å². The molecule has 0 bridgehead atoms. The first kappa shape index (κ1) is 18.1. The zero-order valence-electron chi connectivity index (χ0n) is 14.3. The van der Waals surface area contributed by atoms with E-state index in [1.54, 1.807) is 5.38 Å². The molecule has 2 N–H and O–H groups in total. The molecular formula is C18H19N3O4S. The van der Waals surface area contributed by atoms with Crippen molar-refractivity contribution < 1.29 is 19.1 Å². The number of hydrogen-bond donors (Lipinski definition) is 2. The topological polar surface area (TPSA) is 97.4 Å². The molecule has 136 valence electrons. The first-order chi connectivity index (χ1) is 12.5. The third-order valence-corrected chi connectivity index (χ3v) is 4.79. The summed E-state index contributed by atoms with van der Waals surface area (Å²) < 4.78 is 5.18. The van der Waals surface area contributed by atoms with Crippen LogP contribution in [0.5, 0.6) is 0 Å². The Hall–Kier alpha value is -2.74. The normalized spacial score (nSPS) is 16.2. The van der Waals surface area contributed by atoms with Crippen LogP contribution in [0.2, 0.25) is 0 Å². The minimum atomic E-state index is -0.569. The molecule has 2 amide bonds. The lowest BCUT2D eigenvalue weighted by Gasteiger charge is -2.08. The zero-order chi connectivity index (χ0) is 18.5. The van der Waals surface area contributed by atoms with Gasteiger partial charge in [0.1, 0.15) is 17.7 Å². The van der Waals surface area contributed by atoms with Crippen LogP contribution < -0.4 is 10.6 Å². The molecule has 0 spiro atoms. The molecule has 2 aromatic rings. The van der Waals surface area contributed by atoms with Gasteiger partial charge < -0.3 is 15.4 Å². The van der Waals surface area contributed by atoms with E-state index < -0.39 is 12.0 Å². The minimum Gasteiger partial charge on any atom is -0.458 e. The standard InChI is InChI=1S/C18H19N3O4S/c1-11-2-4-12(5-3-11)19-16(23)8-17-20-13(10-26-17)9-25-18(24)14-6-7-15(22)21-14/h2-5,10,14H,6-9H2,1H3,(H,19,23)(H,21,22)/t14-/m0/s1. The van der Waals surface area contributed by atoms with Gasteiger partial charge >= 0.3 is 5.97 Å². The van der Waals surface area contributed by atoms with Crippen LogP contribution in [0.4, 0.5) is 5.69 Å². The summed E-state index contributed by atoms with van der Waals surface area (Å²) in [7, 11) is 0. The second-order valence-electron chi connectivity index (χ2n) is 6.09. The predicted molar refractivity (Wildman–Crippen MR) is 96.6 cm³/mol. The molecule has 3 rings (SSSR count). The van der Waals surface area contributed by atoms with Gasteiger partial charge in [-0.3, -0.25) is 9.59 Å². The number of carbonyl (C=O) groups excluding carboxylic acids is 3. The second kappa shape index (κ2) is 8.09. The number of aryl methyl sites for hydroxylation is 1. The van der Waals surface area contributed by atoms with Crippen LogP contribution in [-0.2, 0) is 32.1 Å². The van der Waals surface area contributed by atoms with Crippen LogP contribution in [0.15, 0.2) is 29.6 Å². The van der Waals surface area contributed by atoms with E-state index in [4.69, 9.17) is 4.74 Å². The molecule has 8 heteroatoms. The summed E-state index contributed by atoms with van der Waals surface area (Å²) in [6, 6.07) is 6.99. The van der Waals surface area contributed by atoms with Gasteiger partial charge in [0, 0.05) is 17.5 Å². The highest BCUT2D eigenvalue weighted by atomic mass is 32.1. The number of esters is 1. The van der Waals surface area contributed by atoms with Gasteiger partial charge in [-0.2, -0.15) is 0 Å². The van der Waals surface area contributed by atoms with Gasteiger partial charge in [0.15, 0.2) is 0 Å². The zero-order valence-corrected chi connectivity index (χ0v) is 15.1. The quantitative estimate of drug-likeness (QED) is 0.755. The molecule has 2 heterocycles. The minimum absolute atomic E-state index is 0.0291. The van der Waals surface area contributed by atoms with E-state index in [1.807, 2.05) is 31.2 Å². The Kier molecular flexibility index (Phi) is 5.62. The molecule has 1 aromatic carbocycles. The van der Waals surface area contributed by atoms with Crippen molar-refractivity contribution in [2.24, 2.45) is 0 Å². The average molecular weight is 373 g/mol. The van der Waals surface area contributed by atoms with Crippen molar-refractivity contribution in [2.75, 3.05) is 5.32 Å². The molecule has 0 radical (unpaired) electrons. The maximum atomic E-state index is 12.1. The van der Waals surface area contributed by atoms with Crippen molar-refractivity contribution in [3.05, 3.63) is 45.9 Å². The fourth-order valence-corrected chi connectivity index (χ4v) is 3.29. The number of nitrogens with zero attached hydrogens (tertiary/aromatic N) is 1. The molecule has 1 fully saturated rings. The Morgan fingerprint density at radius 3 is 2.81 bits per heavy atom. The number of thiazole rings is 1. The van der Waals surface area contributed by atoms with Gasteiger partial charge in [-0.1, -0.05) is 17.7 Å². The summed E-state index contributed by atoms with van der Waals surface area (Å²) in [5.74, 6) is -0.745. The van der Waals surface area contributed by atoms with Crippen LogP contribution in [0.1, 0.15) is 29.1 Å². The molecule has 1 saturated heterocycles. The van der Waals surface area contributed by atoms with E-state index >= 15 is 0 Å². The number of amides is 2. The first-order valence-electron chi connectivity index (χ1n) is 8.25. The van der Waals surface area contributed by atoms with Crippen LogP contribution >= 0.6 is 11.3 Å². The predicted octanol–water partition coefficient (Wildman–Crippen LogP) is 1.95. The summed E-state index contributed by atoms with van der Waals surface area (Å²) in [5, 5.41) is 7.79. The van der Waals surface area contributed by atoms with Crippen LogP contribution in [-0.4, -0.2) is 28.8 Å². The van der Waals surface area contributed by atoms with Gasteiger partial charge in [0.2, 0.25) is 11.8 Å². The van der Waals surface area contributed by atoms with Gasteiger partial charge in [-0.15, -0.1) is 11.3 Å². The average Bonchev–Trinajstić information content (AvgIpc) is 3.24. The van der Waals surface area contributed by atoms with Crippen molar-refractivity contribution in [1.29, 1.82) is 0 Å². The highest BCUT2D eigenvalue weighted by molar-refractivity contribution is 7.09. The molecule has 0 aliphatic carbocycles. The lowest BCUT2D eigenvalue weighted by atomic mass is 10.2. The maximum Gasteiger partial charge on any atom is 0.329 e. The Balaban J connectivity index is 1.46. The third-order valence-electron chi connectivity index (χ3n) is 3.89. The number of rotatable bonds is 6. The third kappa shape index (κ3) is 4.89. The fraction of sp³-hybridized carbons (Fsp3) is 0.333. The van der Waals surface area contributed by atoms with E-state index in [0.29, 0.717) is 23.5 Å². The molecule has 1 aliphatic rings. The highest BCUT2D eigenvalue weighted by Gasteiger charge is 2.28. The summed E-state index contributed by atoms with van der Waals surface area (Å²) in [5.41, 5.74) is 2.45. The van der Waals surface area contributed by atoms with Gasteiger partial charge in [-0.25, -0.2) is 9.78 Å². The summed E-state index contributed by atoms with van der Waals surface area (Å²) >= 11 is 1.34. The second-order valence-corrected chi connectivity index (χ2v) is 7.03. The molecule has 26 heavy (non-hydrogen) atoms. The molecule has 0 unspecified atom stereocenters. The van der Waals surface area contributed by atoms with Gasteiger partial charge in [-0.05, 0) is 25.5 Å². The fourth-order valence-electron chi connectivity index (χ4n) is 2.51. The highest BCUT2D eigenvalue weighted by Crippen LogP contribution is 2.15. The van der Waals surface area contributed by atoms with Crippen molar-refractivity contribution >= 4 is 34.8 Å². The number of anilines is 1. The molecule has 7 nitrogen and oxygen atoms in total. The molecule has 1 atom stereocenters. The monoisotopic (exact) mass is 373 g/mol. The Bertz CT molecular complexity index is 816. The summed E-state index contributed by atoms with van der Waals surface area (Å²) in [4.78, 5) is 39.4. The number of benzene rings is 1. The van der Waals surface area contributed by atoms with Crippen LogP contribution in [0, 0.1) is 6.92 Å². The lowest BCUT2D eigenvalue weighted by molar-refractivity contribution is -0.147. The number of aromatic nitrogens is 1. The van der Waals surface area contributed by atoms with Crippen molar-refractivity contribution in [2.45, 2.75) is 38.8 Å². The lowest BCUT2D eigenvalue weighted by Crippen LogP contribution is -2.34. The molecule has 0 saturated carbocycles. The Morgan fingerprint density at radius 1 is 1.35 bits per heavy atom. The summed E-state index contributed by atoms with van der Waals surface area (Å²) in [6.07, 6.45) is 0.959. The Labute approximate surface area is 154 Å². The van der Waals surface area contributed by atoms with E-state index in [-0.39, 0.29) is 24.8 Å². The molecule has 1 aliphatic heterocycles. The Morgan fingerprint density at radius 2 is 2.12 bits per heavy atom. The van der Waals surface area contributed by atoms with Crippen molar-refractivity contribution in [1.82, 2.24) is 10.3 Å². The number of hydrogen-bond acceptors (Lipinski definition) is 6. The number of nitrogens with one attached hydrogen (secondary N) is 2. The SMILES string of the molecule is Cc1ccc(NC(=O)Cc2nc(COC(=O)[C@@H]3CCC(=O)N3)cs2)cc1. The smallest absolute Gasteiger partial charge is 0.329 e. The number of ether oxygens (including phenoxy) is 1. The molecular weight excluding hydrogens is 354 g/mol. The van der Waals surface area contributed by atoms with E-state index in [1.165, 1.54) is 11.3 Å². The van der Waals surface area contributed by atoms with E-state index in [0.717, 1.165) is 11.3 Å². The maximum absolute atomic E-state index is 12.1. The van der Waals surface area contributed by atoms with E-state index in [2.05, 4.69) is 15.6 Å². The van der Waals surface area contributed by atoms with Gasteiger partial charge in [0.25, 0.3) is 0 Å². The largest absolute Gasteiger partial charge is 0.458 e. The number of carbonyl (C=O) groups is 3. The summed E-state index contributed by atoms with van der Waals surface area (Å²) in [6.45, 7) is 2.01. The van der Waals surface area contributed by atoms with Gasteiger partial charge in [0.05, 0.1) is 12.1 Å². The van der Waals surface area contributed by atoms with Crippen LogP contribution in [0.3, 0.4) is 0 Å². The van der Waals surface area contributed by atoms with E-state index in [9.17, 15) is 14.4 Å². The first-order valence-corrected chi connectivity index (χ1v) is 9.13. The molecule has 1 aromatic heterocycles.